The number of anilines is 1. The lowest BCUT2D eigenvalue weighted by molar-refractivity contribution is 0.0994. The number of primary amides is 1. The largest absolute Gasteiger partial charge is 0.464 e. The molecule has 0 aliphatic rings. The number of amides is 2. The minimum atomic E-state index is -3.10. The van der Waals surface area contributed by atoms with E-state index in [1.165, 1.54) is 30.5 Å². The van der Waals surface area contributed by atoms with E-state index in [9.17, 15) is 35.9 Å². The molecule has 5 heterocycles. The van der Waals surface area contributed by atoms with Gasteiger partial charge < -0.3 is 19.9 Å². The number of rotatable bonds is 9. The van der Waals surface area contributed by atoms with Gasteiger partial charge in [0.1, 0.15) is 38.3 Å². The van der Waals surface area contributed by atoms with E-state index in [4.69, 9.17) is 14.6 Å². The third kappa shape index (κ3) is 5.04. The predicted octanol–water partition coefficient (Wildman–Crippen LogP) is 6.56. The van der Waals surface area contributed by atoms with Gasteiger partial charge in [-0.05, 0) is 36.4 Å². The highest BCUT2D eigenvalue weighted by Gasteiger charge is 2.27. The Hall–Kier alpha value is -4.60. The Labute approximate surface area is 223 Å². The maximum absolute atomic E-state index is 13.5. The minimum Gasteiger partial charge on any atom is -0.464 e. The Bertz CT molecular complexity index is 1710. The van der Waals surface area contributed by atoms with Crippen molar-refractivity contribution in [3.63, 3.8) is 0 Å². The van der Waals surface area contributed by atoms with Crippen LogP contribution in [0.1, 0.15) is 62.3 Å². The number of aromatic nitrogens is 3. The van der Waals surface area contributed by atoms with Crippen LogP contribution in [0, 0.1) is 0 Å². The van der Waals surface area contributed by atoms with Crippen LogP contribution < -0.4 is 11.1 Å². The first-order valence-corrected chi connectivity index (χ1v) is 12.0. The van der Waals surface area contributed by atoms with E-state index < -0.39 is 54.7 Å². The molecule has 2 amide bonds. The van der Waals surface area contributed by atoms with Crippen molar-refractivity contribution < 1.29 is 44.8 Å². The normalized spacial score (nSPS) is 11.8. The highest BCUT2D eigenvalue weighted by Crippen LogP contribution is 2.42. The molecule has 0 bridgehead atoms. The van der Waals surface area contributed by atoms with E-state index in [1.807, 2.05) is 0 Å². The summed E-state index contributed by atoms with van der Waals surface area (Å²) in [4.78, 5) is 29.0. The molecule has 0 saturated carbocycles. The zero-order valence-electron chi connectivity index (χ0n) is 19.7. The summed E-state index contributed by atoms with van der Waals surface area (Å²) in [6.45, 7) is -0.490. The van der Waals surface area contributed by atoms with Crippen LogP contribution in [0.5, 0.6) is 0 Å². The lowest BCUT2D eigenvalue weighted by atomic mass is 10.1. The monoisotopic (exact) mass is 583 g/mol. The van der Waals surface area contributed by atoms with E-state index in [-0.39, 0.29) is 43.6 Å². The molecule has 16 heteroatoms. The van der Waals surface area contributed by atoms with Crippen LogP contribution in [0.25, 0.3) is 21.5 Å². The van der Waals surface area contributed by atoms with Crippen LogP contribution in [-0.4, -0.2) is 26.6 Å². The Morgan fingerprint density at radius 2 is 1.77 bits per heavy atom. The number of nitrogens with zero attached hydrogens (tertiary/aromatic N) is 3. The maximum Gasteiger partial charge on any atom is 0.291 e. The molecule has 0 fully saturated rings. The average molecular weight is 583 g/mol. The summed E-state index contributed by atoms with van der Waals surface area (Å²) < 4.78 is 91.0. The Morgan fingerprint density at radius 1 is 1.02 bits per heavy atom. The van der Waals surface area contributed by atoms with E-state index >= 15 is 0 Å². The number of alkyl halides is 6. The fourth-order valence-corrected chi connectivity index (χ4v) is 4.93. The summed E-state index contributed by atoms with van der Waals surface area (Å²) in [6.07, 6.45) is -7.82. The smallest absolute Gasteiger partial charge is 0.291 e. The van der Waals surface area contributed by atoms with Crippen molar-refractivity contribution in [2.45, 2.75) is 25.8 Å². The highest BCUT2D eigenvalue weighted by molar-refractivity contribution is 7.21. The Balaban J connectivity index is 1.50. The molecule has 3 N–H and O–H groups in total. The van der Waals surface area contributed by atoms with Gasteiger partial charge in [0.15, 0.2) is 5.76 Å². The summed E-state index contributed by atoms with van der Waals surface area (Å²) in [6, 6.07) is 7.06. The molecule has 0 aromatic carbocycles. The van der Waals surface area contributed by atoms with Gasteiger partial charge in [0.2, 0.25) is 0 Å². The summed E-state index contributed by atoms with van der Waals surface area (Å²) in [5, 5.41) is 6.05. The second-order valence-corrected chi connectivity index (χ2v) is 9.20. The van der Waals surface area contributed by atoms with Crippen molar-refractivity contribution in [1.29, 1.82) is 0 Å². The van der Waals surface area contributed by atoms with Gasteiger partial charge in [0.25, 0.3) is 31.1 Å². The number of carbonyl (C=O) groups is 2. The number of pyridine rings is 1. The molecule has 5 aromatic rings. The molecule has 5 aromatic heterocycles. The van der Waals surface area contributed by atoms with Gasteiger partial charge in [0, 0.05) is 10.9 Å². The van der Waals surface area contributed by atoms with Crippen molar-refractivity contribution >= 4 is 39.1 Å². The Kier molecular flexibility index (Phi) is 7.10. The van der Waals surface area contributed by atoms with Gasteiger partial charge in [-0.1, -0.05) is 0 Å². The standard InChI is InChI=1S/C24H15F6N5O4S/c25-19(26)11-6-10(14-2-1-5-38-14)16-17(18(22(31)36)40-24(16)32-11)33-23(37)15-4-3-9(39-15)8-35-13(21(29)30)7-12(34-35)20(27)28/h1-7,19-21H,8H2,(H2,31,36)(H,33,37). The van der Waals surface area contributed by atoms with Crippen molar-refractivity contribution in [3.05, 3.63) is 76.1 Å². The topological polar surface area (TPSA) is 129 Å². The molecule has 0 aliphatic heterocycles. The summed E-state index contributed by atoms with van der Waals surface area (Å²) in [5.74, 6) is -2.16. The van der Waals surface area contributed by atoms with Gasteiger partial charge in [-0.3, -0.25) is 14.3 Å². The zero-order chi connectivity index (χ0) is 28.7. The van der Waals surface area contributed by atoms with E-state index in [0.29, 0.717) is 22.1 Å². The quantitative estimate of drug-likeness (QED) is 0.189. The van der Waals surface area contributed by atoms with Crippen LogP contribution in [0.4, 0.5) is 32.0 Å². The lowest BCUT2D eigenvalue weighted by Crippen LogP contribution is -2.16. The van der Waals surface area contributed by atoms with Crippen molar-refractivity contribution in [2.24, 2.45) is 5.73 Å². The Morgan fingerprint density at radius 3 is 2.40 bits per heavy atom. The first kappa shape index (κ1) is 27.0. The molecular formula is C24H15F6N5O4S. The maximum atomic E-state index is 13.5. The summed E-state index contributed by atoms with van der Waals surface area (Å²) >= 11 is 0.678. The number of thiophene rings is 1. The third-order valence-corrected chi connectivity index (χ3v) is 6.72. The average Bonchev–Trinajstić information content (AvgIpc) is 3.69. The molecular weight excluding hydrogens is 568 g/mol. The van der Waals surface area contributed by atoms with Crippen LogP contribution in [0.15, 0.2) is 51.5 Å². The lowest BCUT2D eigenvalue weighted by Gasteiger charge is -2.09. The summed E-state index contributed by atoms with van der Waals surface area (Å²) in [7, 11) is 0. The number of nitrogens with one attached hydrogen (secondary N) is 1. The van der Waals surface area contributed by atoms with Crippen LogP contribution in [0.2, 0.25) is 0 Å². The predicted molar refractivity (Wildman–Crippen MR) is 129 cm³/mol. The van der Waals surface area contributed by atoms with Crippen molar-refractivity contribution in [3.8, 4) is 11.3 Å². The molecule has 40 heavy (non-hydrogen) atoms. The first-order chi connectivity index (χ1) is 19.0. The van der Waals surface area contributed by atoms with E-state index in [0.717, 1.165) is 6.07 Å². The molecule has 0 unspecified atom stereocenters. The number of hydrogen-bond acceptors (Lipinski definition) is 7. The molecule has 208 valence electrons. The number of nitrogens with two attached hydrogens (primary N) is 1. The molecule has 5 rings (SSSR count). The van der Waals surface area contributed by atoms with E-state index in [1.54, 1.807) is 0 Å². The van der Waals surface area contributed by atoms with E-state index in [2.05, 4.69) is 15.4 Å². The third-order valence-electron chi connectivity index (χ3n) is 5.62. The molecule has 9 nitrogen and oxygen atoms in total. The van der Waals surface area contributed by atoms with Gasteiger partial charge in [-0.25, -0.2) is 31.3 Å². The van der Waals surface area contributed by atoms with Gasteiger partial charge in [0.05, 0.1) is 18.5 Å². The second kappa shape index (κ2) is 10.5. The molecule has 0 saturated heterocycles. The van der Waals surface area contributed by atoms with Crippen LogP contribution in [-0.2, 0) is 6.54 Å². The fourth-order valence-electron chi connectivity index (χ4n) is 3.92. The zero-order valence-corrected chi connectivity index (χ0v) is 20.5. The number of furan rings is 2. The second-order valence-electron chi connectivity index (χ2n) is 8.20. The highest BCUT2D eigenvalue weighted by atomic mass is 32.1. The van der Waals surface area contributed by atoms with Gasteiger partial charge >= 0.3 is 0 Å². The number of hydrogen-bond donors (Lipinski definition) is 2. The van der Waals surface area contributed by atoms with Crippen LogP contribution >= 0.6 is 11.3 Å². The number of carbonyl (C=O) groups excluding carboxylic acids is 2. The molecule has 0 aliphatic carbocycles. The van der Waals surface area contributed by atoms with Gasteiger partial charge in [-0.2, -0.15) is 5.10 Å². The van der Waals surface area contributed by atoms with Gasteiger partial charge in [-0.15, -0.1) is 11.3 Å². The summed E-state index contributed by atoms with van der Waals surface area (Å²) in [5.41, 5.74) is 3.25. The van der Waals surface area contributed by atoms with Crippen molar-refractivity contribution in [1.82, 2.24) is 14.8 Å². The number of fused-ring (bicyclic) bond motifs is 1. The molecule has 0 radical (unpaired) electrons. The fraction of sp³-hybridized carbons (Fsp3) is 0.167. The molecule has 0 atom stereocenters. The van der Waals surface area contributed by atoms with Crippen molar-refractivity contribution in [2.75, 3.05) is 5.32 Å². The minimum absolute atomic E-state index is 0.0264. The SMILES string of the molecule is NC(=O)c1sc2nc(C(F)F)cc(-c3ccco3)c2c1NC(=O)c1ccc(Cn2nc(C(F)F)cc2C(F)F)o1. The number of halogens is 6. The molecule has 0 spiro atoms. The first-order valence-electron chi connectivity index (χ1n) is 11.2. The van der Waals surface area contributed by atoms with Crippen LogP contribution in [0.3, 0.4) is 0 Å².